The number of amides is 1. The second kappa shape index (κ2) is 10.7. The van der Waals surface area contributed by atoms with Gasteiger partial charge in [0.1, 0.15) is 5.75 Å². The summed E-state index contributed by atoms with van der Waals surface area (Å²) in [6, 6.07) is 20.0. The number of carbonyl (C=O) groups excluding carboxylic acids is 1. The minimum Gasteiger partial charge on any atom is -0.497 e. The van der Waals surface area contributed by atoms with Crippen molar-refractivity contribution in [2.24, 2.45) is 9.98 Å². The molecule has 3 aromatic carbocycles. The third-order valence-electron chi connectivity index (χ3n) is 5.82. The fourth-order valence-corrected chi connectivity index (χ4v) is 4.49. The van der Waals surface area contributed by atoms with Gasteiger partial charge in [0.15, 0.2) is 0 Å². The number of fused-ring (bicyclic) bond motifs is 1. The molecule has 0 saturated heterocycles. The summed E-state index contributed by atoms with van der Waals surface area (Å²) in [5, 5.41) is 3.87. The van der Waals surface area contributed by atoms with Crippen molar-refractivity contribution in [2.75, 3.05) is 18.2 Å². The summed E-state index contributed by atoms with van der Waals surface area (Å²) in [5.74, 6) is 1.04. The molecule has 0 spiro atoms. The van der Waals surface area contributed by atoms with Crippen LogP contribution in [0, 0.1) is 13.8 Å². The summed E-state index contributed by atoms with van der Waals surface area (Å²) in [5.41, 5.74) is 7.99. The zero-order valence-corrected chi connectivity index (χ0v) is 20.8. The van der Waals surface area contributed by atoms with Crippen LogP contribution in [-0.4, -0.2) is 29.5 Å². The summed E-state index contributed by atoms with van der Waals surface area (Å²) in [6.07, 6.45) is 1.49. The van der Waals surface area contributed by atoms with Crippen LogP contribution in [-0.2, 0) is 11.2 Å². The summed E-state index contributed by atoms with van der Waals surface area (Å²) >= 11 is 1.46. The number of anilines is 1. The van der Waals surface area contributed by atoms with Crippen molar-refractivity contribution in [3.63, 3.8) is 0 Å². The van der Waals surface area contributed by atoms with E-state index in [1.165, 1.54) is 28.5 Å². The number of carbonyl (C=O) groups is 1. The number of aryl methyl sites for hydroxylation is 3. The van der Waals surface area contributed by atoms with E-state index < -0.39 is 0 Å². The highest BCUT2D eigenvalue weighted by atomic mass is 32.2. The van der Waals surface area contributed by atoms with Gasteiger partial charge in [-0.15, -0.1) is 11.8 Å². The Morgan fingerprint density at radius 3 is 2.38 bits per heavy atom. The summed E-state index contributed by atoms with van der Waals surface area (Å²) in [7, 11) is 1.66. The van der Waals surface area contributed by atoms with E-state index in [4.69, 9.17) is 14.7 Å². The third-order valence-corrected chi connectivity index (χ3v) is 6.80. The molecule has 0 aliphatic carbocycles. The molecule has 0 unspecified atom stereocenters. The Labute approximate surface area is 205 Å². The Morgan fingerprint density at radius 1 is 1.00 bits per heavy atom. The molecule has 5 nitrogen and oxygen atoms in total. The second-order valence-electron chi connectivity index (χ2n) is 8.29. The number of ether oxygens (including phenoxy) is 1. The number of methoxy groups -OCH3 is 1. The molecule has 1 aliphatic heterocycles. The Hall–Kier alpha value is -3.38. The van der Waals surface area contributed by atoms with Gasteiger partial charge in [-0.3, -0.25) is 9.79 Å². The maximum Gasteiger partial charge on any atom is 0.234 e. The lowest BCUT2D eigenvalue weighted by atomic mass is 10.1. The van der Waals surface area contributed by atoms with Crippen molar-refractivity contribution in [1.29, 1.82) is 0 Å². The Balaban J connectivity index is 1.57. The zero-order chi connectivity index (χ0) is 24.1. The van der Waals surface area contributed by atoms with Gasteiger partial charge in [-0.25, -0.2) is 4.99 Å². The van der Waals surface area contributed by atoms with E-state index in [9.17, 15) is 4.79 Å². The number of hydrogen-bond donors (Lipinski definition) is 1. The van der Waals surface area contributed by atoms with Gasteiger partial charge in [0.05, 0.1) is 35.0 Å². The number of rotatable bonds is 6. The molecule has 0 saturated carbocycles. The van der Waals surface area contributed by atoms with E-state index in [1.807, 2.05) is 42.5 Å². The molecule has 0 bridgehead atoms. The van der Waals surface area contributed by atoms with E-state index in [0.717, 1.165) is 45.6 Å². The van der Waals surface area contributed by atoms with Gasteiger partial charge in [-0.05, 0) is 91.1 Å². The molecule has 1 N–H and O–H groups in total. The predicted octanol–water partition coefficient (Wildman–Crippen LogP) is 6.80. The quantitative estimate of drug-likeness (QED) is 0.430. The number of aliphatic imine (C=N–C) groups is 2. The normalized spacial score (nSPS) is 12.8. The van der Waals surface area contributed by atoms with Crippen LogP contribution in [0.25, 0.3) is 0 Å². The molecule has 174 valence electrons. The van der Waals surface area contributed by atoms with Gasteiger partial charge in [-0.2, -0.15) is 0 Å². The lowest BCUT2D eigenvalue weighted by molar-refractivity contribution is -0.113. The number of thioether (sulfide) groups is 1. The molecular formula is C28H29N3O2S. The minimum absolute atomic E-state index is 0.0477. The monoisotopic (exact) mass is 471 g/mol. The van der Waals surface area contributed by atoms with Crippen LogP contribution in [0.15, 0.2) is 70.6 Å². The highest BCUT2D eigenvalue weighted by molar-refractivity contribution is 8.14. The molecule has 0 fully saturated rings. The highest BCUT2D eigenvalue weighted by Gasteiger charge is 2.18. The van der Waals surface area contributed by atoms with E-state index in [0.29, 0.717) is 6.42 Å². The Kier molecular flexibility index (Phi) is 7.48. The average Bonchev–Trinajstić information content (AvgIpc) is 3.02. The van der Waals surface area contributed by atoms with Crippen LogP contribution in [0.3, 0.4) is 0 Å². The SMILES string of the molecule is CCc1cccc(NC(=O)CSC2=Nc3cc(C)c(C)cc3N=C(c3ccc(OC)cc3)C2)c1. The van der Waals surface area contributed by atoms with Gasteiger partial charge in [0, 0.05) is 12.1 Å². The second-order valence-corrected chi connectivity index (χ2v) is 9.33. The van der Waals surface area contributed by atoms with Gasteiger partial charge >= 0.3 is 0 Å². The molecular weight excluding hydrogens is 442 g/mol. The molecule has 34 heavy (non-hydrogen) atoms. The number of hydrogen-bond acceptors (Lipinski definition) is 5. The fraction of sp³-hybridized carbons (Fsp3) is 0.250. The van der Waals surface area contributed by atoms with Gasteiger partial charge in [0.25, 0.3) is 0 Å². The molecule has 0 radical (unpaired) electrons. The molecule has 1 heterocycles. The van der Waals surface area contributed by atoms with Crippen LogP contribution in [0.5, 0.6) is 5.75 Å². The third kappa shape index (κ3) is 5.75. The number of nitrogens with one attached hydrogen (secondary N) is 1. The lowest BCUT2D eigenvalue weighted by Gasteiger charge is -2.09. The topological polar surface area (TPSA) is 63.0 Å². The Bertz CT molecular complexity index is 1260. The average molecular weight is 472 g/mol. The smallest absolute Gasteiger partial charge is 0.234 e. The van der Waals surface area contributed by atoms with Crippen molar-refractivity contribution < 1.29 is 9.53 Å². The summed E-state index contributed by atoms with van der Waals surface area (Å²) < 4.78 is 5.30. The van der Waals surface area contributed by atoms with Crippen molar-refractivity contribution >= 4 is 45.5 Å². The first-order valence-electron chi connectivity index (χ1n) is 11.4. The van der Waals surface area contributed by atoms with Crippen LogP contribution in [0.4, 0.5) is 17.1 Å². The van der Waals surface area contributed by atoms with Crippen LogP contribution >= 0.6 is 11.8 Å². The first-order valence-corrected chi connectivity index (χ1v) is 12.4. The van der Waals surface area contributed by atoms with Crippen LogP contribution in [0.1, 0.15) is 35.6 Å². The minimum atomic E-state index is -0.0477. The summed E-state index contributed by atoms with van der Waals surface area (Å²) in [4.78, 5) is 22.6. The molecule has 0 atom stereocenters. The zero-order valence-electron chi connectivity index (χ0n) is 20.0. The Morgan fingerprint density at radius 2 is 1.71 bits per heavy atom. The molecule has 6 heteroatoms. The maximum atomic E-state index is 12.7. The van der Waals surface area contributed by atoms with Gasteiger partial charge in [-0.1, -0.05) is 19.1 Å². The lowest BCUT2D eigenvalue weighted by Crippen LogP contribution is -2.16. The number of benzene rings is 3. The number of nitrogens with zero attached hydrogens (tertiary/aromatic N) is 2. The maximum absolute atomic E-state index is 12.7. The standard InChI is InChI=1S/C28H29N3O2S/c1-5-20-7-6-8-22(15-20)29-27(32)17-34-28-16-24(21-9-11-23(33-4)12-10-21)30-25-13-18(2)19(3)14-26(25)31-28/h6-15H,5,16-17H2,1-4H3,(H,29,32). The molecule has 4 rings (SSSR count). The molecule has 0 aromatic heterocycles. The first kappa shape index (κ1) is 23.8. The first-order chi connectivity index (χ1) is 16.4. The van der Waals surface area contributed by atoms with E-state index >= 15 is 0 Å². The van der Waals surface area contributed by atoms with Crippen molar-refractivity contribution in [1.82, 2.24) is 0 Å². The molecule has 1 aliphatic rings. The fourth-order valence-electron chi connectivity index (χ4n) is 3.72. The van der Waals surface area contributed by atoms with Gasteiger partial charge in [0.2, 0.25) is 5.91 Å². The molecule has 1 amide bonds. The van der Waals surface area contributed by atoms with E-state index in [1.54, 1.807) is 7.11 Å². The van der Waals surface area contributed by atoms with Crippen LogP contribution in [0.2, 0.25) is 0 Å². The van der Waals surface area contributed by atoms with Gasteiger partial charge < -0.3 is 10.1 Å². The van der Waals surface area contributed by atoms with Crippen LogP contribution < -0.4 is 10.1 Å². The van der Waals surface area contributed by atoms with E-state index in [2.05, 4.69) is 44.3 Å². The molecule has 3 aromatic rings. The highest BCUT2D eigenvalue weighted by Crippen LogP contribution is 2.36. The van der Waals surface area contributed by atoms with Crippen molar-refractivity contribution in [3.05, 3.63) is 82.9 Å². The van der Waals surface area contributed by atoms with Crippen molar-refractivity contribution in [3.8, 4) is 5.75 Å². The largest absolute Gasteiger partial charge is 0.497 e. The summed E-state index contributed by atoms with van der Waals surface area (Å²) in [6.45, 7) is 6.26. The van der Waals surface area contributed by atoms with Crippen molar-refractivity contribution in [2.45, 2.75) is 33.6 Å². The predicted molar refractivity (Wildman–Crippen MR) is 144 cm³/mol. The van der Waals surface area contributed by atoms with E-state index in [-0.39, 0.29) is 11.7 Å².